The molecule has 0 atom stereocenters. The Morgan fingerprint density at radius 2 is 1.71 bits per heavy atom. The van der Waals surface area contributed by atoms with Gasteiger partial charge in [0.2, 0.25) is 10.0 Å². The second-order valence-electron chi connectivity index (χ2n) is 7.68. The predicted molar refractivity (Wildman–Crippen MR) is 114 cm³/mol. The van der Waals surface area contributed by atoms with Gasteiger partial charge in [-0.15, -0.1) is 0 Å². The second kappa shape index (κ2) is 9.29. The maximum absolute atomic E-state index is 12.6. The normalized spacial score (nSPS) is 17.7. The Hall–Kier alpha value is -2.56. The van der Waals surface area contributed by atoms with Gasteiger partial charge in [0, 0.05) is 38.8 Å². The number of hydrogen-bond donors (Lipinski definition) is 1. The molecule has 0 amide bonds. The summed E-state index contributed by atoms with van der Waals surface area (Å²) in [5, 5.41) is 9.47. The smallest absolute Gasteiger partial charge is 0.341 e. The number of carboxylic acid groups (broad SMARTS) is 1. The molecule has 4 rings (SSSR count). The summed E-state index contributed by atoms with van der Waals surface area (Å²) >= 11 is 0. The zero-order valence-electron chi connectivity index (χ0n) is 17.2. The van der Waals surface area contributed by atoms with Crippen molar-refractivity contribution in [2.24, 2.45) is 0 Å². The number of morpholine rings is 1. The van der Waals surface area contributed by atoms with E-state index in [0.29, 0.717) is 68.8 Å². The predicted octanol–water partition coefficient (Wildman–Crippen LogP) is 1.58. The fourth-order valence-corrected chi connectivity index (χ4v) is 5.37. The van der Waals surface area contributed by atoms with Crippen molar-refractivity contribution in [2.45, 2.75) is 30.6 Å². The van der Waals surface area contributed by atoms with Crippen LogP contribution in [0.5, 0.6) is 0 Å². The van der Waals surface area contributed by atoms with Gasteiger partial charge in [-0.05, 0) is 37.0 Å². The Labute approximate surface area is 181 Å². The molecule has 166 valence electrons. The van der Waals surface area contributed by atoms with Crippen molar-refractivity contribution in [3.8, 4) is 0 Å². The lowest BCUT2D eigenvalue weighted by atomic mass is 10.1. The van der Waals surface area contributed by atoms with E-state index >= 15 is 0 Å². The highest BCUT2D eigenvalue weighted by Crippen LogP contribution is 2.22. The Morgan fingerprint density at radius 3 is 2.35 bits per heavy atom. The number of carbonyl (C=O) groups is 1. The van der Waals surface area contributed by atoms with Gasteiger partial charge in [0.1, 0.15) is 17.2 Å². The highest BCUT2D eigenvalue weighted by molar-refractivity contribution is 7.89. The van der Waals surface area contributed by atoms with Crippen molar-refractivity contribution in [1.29, 1.82) is 0 Å². The van der Waals surface area contributed by atoms with Crippen molar-refractivity contribution in [2.75, 3.05) is 44.3 Å². The van der Waals surface area contributed by atoms with E-state index in [0.717, 1.165) is 18.4 Å². The van der Waals surface area contributed by atoms with E-state index in [4.69, 9.17) is 4.74 Å². The molecule has 31 heavy (non-hydrogen) atoms. The molecule has 1 aromatic heterocycles. The van der Waals surface area contributed by atoms with Gasteiger partial charge in [0.15, 0.2) is 0 Å². The van der Waals surface area contributed by atoms with Crippen molar-refractivity contribution >= 4 is 21.8 Å². The first kappa shape index (κ1) is 21.7. The van der Waals surface area contributed by atoms with E-state index in [1.165, 1.54) is 10.5 Å². The molecular weight excluding hydrogens is 420 g/mol. The highest BCUT2D eigenvalue weighted by atomic mass is 32.2. The Balaban J connectivity index is 1.45. The van der Waals surface area contributed by atoms with Gasteiger partial charge in [-0.2, -0.15) is 4.31 Å². The molecule has 2 fully saturated rings. The molecule has 3 heterocycles. The van der Waals surface area contributed by atoms with Gasteiger partial charge < -0.3 is 14.7 Å². The molecule has 2 saturated heterocycles. The molecule has 0 unspecified atom stereocenters. The SMILES string of the molecule is O=C(O)c1cnc(CCc2ccc(S(=O)(=O)N3CCCC3)cc2)nc1N1CCOCC1. The molecule has 0 saturated carbocycles. The number of rotatable bonds is 7. The van der Waals surface area contributed by atoms with Gasteiger partial charge in [0.25, 0.3) is 0 Å². The third kappa shape index (κ3) is 4.86. The van der Waals surface area contributed by atoms with Crippen LogP contribution in [0.3, 0.4) is 0 Å². The number of hydrogen-bond acceptors (Lipinski definition) is 7. The molecule has 0 aliphatic carbocycles. The first-order valence-electron chi connectivity index (χ1n) is 10.5. The van der Waals surface area contributed by atoms with Crippen LogP contribution in [0.4, 0.5) is 5.82 Å². The van der Waals surface area contributed by atoms with Crippen molar-refractivity contribution in [3.63, 3.8) is 0 Å². The zero-order chi connectivity index (χ0) is 21.8. The minimum atomic E-state index is -3.42. The lowest BCUT2D eigenvalue weighted by Gasteiger charge is -2.28. The van der Waals surface area contributed by atoms with E-state index in [-0.39, 0.29) is 5.56 Å². The molecule has 1 aromatic carbocycles. The van der Waals surface area contributed by atoms with Crippen LogP contribution < -0.4 is 4.90 Å². The van der Waals surface area contributed by atoms with E-state index < -0.39 is 16.0 Å². The molecule has 2 aliphatic rings. The molecule has 9 nitrogen and oxygen atoms in total. The van der Waals surface area contributed by atoms with Crippen LogP contribution in [0, 0.1) is 0 Å². The first-order valence-corrected chi connectivity index (χ1v) is 11.9. The van der Waals surface area contributed by atoms with Crippen molar-refractivity contribution in [1.82, 2.24) is 14.3 Å². The van der Waals surface area contributed by atoms with Crippen molar-refractivity contribution in [3.05, 3.63) is 47.4 Å². The first-order chi connectivity index (χ1) is 14.9. The van der Waals surface area contributed by atoms with Crippen LogP contribution in [-0.2, 0) is 27.6 Å². The average molecular weight is 447 g/mol. The van der Waals surface area contributed by atoms with Crippen LogP contribution in [0.1, 0.15) is 34.6 Å². The van der Waals surface area contributed by atoms with E-state index in [9.17, 15) is 18.3 Å². The van der Waals surface area contributed by atoms with Crippen LogP contribution in [0.15, 0.2) is 35.4 Å². The number of sulfonamides is 1. The summed E-state index contributed by atoms with van der Waals surface area (Å²) in [5.41, 5.74) is 1.06. The molecular formula is C21H26N4O5S. The Morgan fingerprint density at radius 1 is 1.03 bits per heavy atom. The molecule has 0 spiro atoms. The number of aromatic carboxylic acids is 1. The highest BCUT2D eigenvalue weighted by Gasteiger charge is 2.27. The third-order valence-corrected chi connectivity index (χ3v) is 7.54. The summed E-state index contributed by atoms with van der Waals surface area (Å²) in [6.07, 6.45) is 4.32. The minimum Gasteiger partial charge on any atom is -0.477 e. The van der Waals surface area contributed by atoms with E-state index in [1.54, 1.807) is 12.1 Å². The van der Waals surface area contributed by atoms with Crippen molar-refractivity contribution < 1.29 is 23.1 Å². The standard InChI is InChI=1S/C21H26N4O5S/c26-21(27)18-15-22-19(23-20(18)24-11-13-30-14-12-24)8-5-16-3-6-17(7-4-16)31(28,29)25-9-1-2-10-25/h3-4,6-7,15H,1-2,5,8-14H2,(H,26,27). The molecule has 0 radical (unpaired) electrons. The summed E-state index contributed by atoms with van der Waals surface area (Å²) in [6, 6.07) is 6.93. The summed E-state index contributed by atoms with van der Waals surface area (Å²) in [7, 11) is -3.42. The quantitative estimate of drug-likeness (QED) is 0.682. The van der Waals surface area contributed by atoms with Gasteiger partial charge in [-0.25, -0.2) is 23.2 Å². The lowest BCUT2D eigenvalue weighted by Crippen LogP contribution is -2.38. The molecule has 2 aliphatic heterocycles. The number of nitrogens with zero attached hydrogens (tertiary/aromatic N) is 4. The van der Waals surface area contributed by atoms with Gasteiger partial charge >= 0.3 is 5.97 Å². The van der Waals surface area contributed by atoms with Crippen LogP contribution in [-0.4, -0.2) is 73.2 Å². The second-order valence-corrected chi connectivity index (χ2v) is 9.62. The Kier molecular flexibility index (Phi) is 6.49. The number of aryl methyl sites for hydroxylation is 2. The maximum atomic E-state index is 12.6. The Bertz CT molecular complexity index is 1030. The number of benzene rings is 1. The number of carboxylic acids is 1. The largest absolute Gasteiger partial charge is 0.477 e. The summed E-state index contributed by atoms with van der Waals surface area (Å²) in [5.74, 6) is -0.0732. The van der Waals surface area contributed by atoms with Gasteiger partial charge in [0.05, 0.1) is 18.1 Å². The number of aromatic nitrogens is 2. The fraction of sp³-hybridized carbons (Fsp3) is 0.476. The molecule has 1 N–H and O–H groups in total. The van der Waals surface area contributed by atoms with Gasteiger partial charge in [-0.1, -0.05) is 12.1 Å². The number of anilines is 1. The minimum absolute atomic E-state index is 0.0853. The summed E-state index contributed by atoms with van der Waals surface area (Å²) in [4.78, 5) is 22.5. The molecule has 2 aromatic rings. The van der Waals surface area contributed by atoms with Crippen LogP contribution in [0.2, 0.25) is 0 Å². The fourth-order valence-electron chi connectivity index (χ4n) is 3.86. The lowest BCUT2D eigenvalue weighted by molar-refractivity contribution is 0.0695. The monoisotopic (exact) mass is 446 g/mol. The van der Waals surface area contributed by atoms with Gasteiger partial charge in [-0.3, -0.25) is 0 Å². The topological polar surface area (TPSA) is 113 Å². The third-order valence-electron chi connectivity index (χ3n) is 5.62. The van der Waals surface area contributed by atoms with Crippen LogP contribution in [0.25, 0.3) is 0 Å². The summed E-state index contributed by atoms with van der Waals surface area (Å²) in [6.45, 7) is 3.40. The molecule has 10 heteroatoms. The van der Waals surface area contributed by atoms with Crippen LogP contribution >= 0.6 is 0 Å². The zero-order valence-corrected chi connectivity index (χ0v) is 18.1. The number of ether oxygens (including phenoxy) is 1. The maximum Gasteiger partial charge on any atom is 0.341 e. The van der Waals surface area contributed by atoms with E-state index in [2.05, 4.69) is 9.97 Å². The molecule has 0 bridgehead atoms. The average Bonchev–Trinajstić information content (AvgIpc) is 3.34. The van der Waals surface area contributed by atoms with E-state index in [1.807, 2.05) is 17.0 Å². The summed E-state index contributed by atoms with van der Waals surface area (Å²) < 4.78 is 32.2.